The van der Waals surface area contributed by atoms with Gasteiger partial charge in [0.2, 0.25) is 5.43 Å². The van der Waals surface area contributed by atoms with E-state index in [1.165, 1.54) is 0 Å². The second kappa shape index (κ2) is 7.45. The molecule has 24 heavy (non-hydrogen) atoms. The van der Waals surface area contributed by atoms with Gasteiger partial charge in [-0.2, -0.15) is 5.26 Å². The number of nitrogens with zero attached hydrogens (tertiary/aromatic N) is 2. The Kier molecular flexibility index (Phi) is 5.58. The van der Waals surface area contributed by atoms with Crippen molar-refractivity contribution in [2.75, 3.05) is 6.54 Å². The fourth-order valence-electron chi connectivity index (χ4n) is 2.51. The van der Waals surface area contributed by atoms with Gasteiger partial charge < -0.3 is 9.88 Å². The van der Waals surface area contributed by atoms with Crippen molar-refractivity contribution in [3.05, 3.63) is 67.5 Å². The maximum Gasteiger partial charge on any atom is 0.256 e. The van der Waals surface area contributed by atoms with Crippen LogP contribution in [-0.2, 0) is 0 Å². The quantitative estimate of drug-likeness (QED) is 0.875. The highest BCUT2D eigenvalue weighted by atomic mass is 79.9. The summed E-state index contributed by atoms with van der Waals surface area (Å²) >= 11 is 3.31. The Morgan fingerprint density at radius 3 is 2.54 bits per heavy atom. The molecule has 1 aromatic heterocycles. The summed E-state index contributed by atoms with van der Waals surface area (Å²) in [6.07, 6.45) is 1.59. The highest BCUT2D eigenvalue weighted by molar-refractivity contribution is 9.10. The zero-order valence-corrected chi connectivity index (χ0v) is 15.3. The minimum absolute atomic E-state index is 0.0946. The summed E-state index contributed by atoms with van der Waals surface area (Å²) in [7, 11) is 0. The van der Waals surface area contributed by atoms with Gasteiger partial charge in [-0.1, -0.05) is 12.1 Å². The third kappa shape index (κ3) is 3.41. The standard InChI is InChI=1S/C18H18BrN3O2/c1-4-21-18(24)15-10-22(12(3)16(19)17(15)23)11(2)14-7-5-13(9-20)6-8-14/h5-8,10-11H,4H2,1-3H3,(H,21,24). The SMILES string of the molecule is CCNC(=O)c1cn(C(C)c2ccc(C#N)cc2)c(C)c(Br)c1=O. The molecule has 6 heteroatoms. The molecule has 5 nitrogen and oxygen atoms in total. The maximum atomic E-state index is 12.3. The van der Waals surface area contributed by atoms with Crippen LogP contribution in [0.3, 0.4) is 0 Å². The molecule has 1 amide bonds. The van der Waals surface area contributed by atoms with Crippen LogP contribution < -0.4 is 10.7 Å². The van der Waals surface area contributed by atoms with Crippen molar-refractivity contribution in [3.63, 3.8) is 0 Å². The highest BCUT2D eigenvalue weighted by Gasteiger charge is 2.19. The van der Waals surface area contributed by atoms with Crippen molar-refractivity contribution in [1.29, 1.82) is 5.26 Å². The predicted octanol–water partition coefficient (Wildman–Crippen LogP) is 3.15. The summed E-state index contributed by atoms with van der Waals surface area (Å²) in [6, 6.07) is 9.25. The van der Waals surface area contributed by atoms with Gasteiger partial charge in [0, 0.05) is 18.4 Å². The van der Waals surface area contributed by atoms with Crippen LogP contribution in [0.2, 0.25) is 0 Å². The minimum Gasteiger partial charge on any atom is -0.352 e. The van der Waals surface area contributed by atoms with Gasteiger partial charge in [-0.3, -0.25) is 9.59 Å². The Labute approximate surface area is 149 Å². The zero-order chi connectivity index (χ0) is 17.9. The van der Waals surface area contributed by atoms with Crippen LogP contribution in [-0.4, -0.2) is 17.0 Å². The molecule has 2 rings (SSSR count). The predicted molar refractivity (Wildman–Crippen MR) is 96.1 cm³/mol. The van der Waals surface area contributed by atoms with Gasteiger partial charge in [0.15, 0.2) is 0 Å². The first-order chi connectivity index (χ1) is 11.4. The van der Waals surface area contributed by atoms with Gasteiger partial charge in [0.1, 0.15) is 5.56 Å². The molecule has 0 fully saturated rings. The minimum atomic E-state index is -0.385. The molecule has 1 N–H and O–H groups in total. The number of nitriles is 1. The Balaban J connectivity index is 2.54. The van der Waals surface area contributed by atoms with Crippen molar-refractivity contribution in [3.8, 4) is 6.07 Å². The number of halogens is 1. The first-order valence-electron chi connectivity index (χ1n) is 7.60. The average Bonchev–Trinajstić information content (AvgIpc) is 2.59. The average molecular weight is 388 g/mol. The first-order valence-corrected chi connectivity index (χ1v) is 8.39. The van der Waals surface area contributed by atoms with E-state index >= 15 is 0 Å². The van der Waals surface area contributed by atoms with Crippen molar-refractivity contribution >= 4 is 21.8 Å². The van der Waals surface area contributed by atoms with Gasteiger partial charge in [0.25, 0.3) is 5.91 Å². The highest BCUT2D eigenvalue weighted by Crippen LogP contribution is 2.23. The van der Waals surface area contributed by atoms with E-state index in [-0.39, 0.29) is 22.9 Å². The zero-order valence-electron chi connectivity index (χ0n) is 13.8. The Hall–Kier alpha value is -2.39. The maximum absolute atomic E-state index is 12.3. The van der Waals surface area contributed by atoms with E-state index in [4.69, 9.17) is 5.26 Å². The number of benzene rings is 1. The van der Waals surface area contributed by atoms with E-state index in [0.717, 1.165) is 11.3 Å². The fraction of sp³-hybridized carbons (Fsp3) is 0.278. The number of nitrogens with one attached hydrogen (secondary N) is 1. The molecule has 1 heterocycles. The molecular weight excluding hydrogens is 370 g/mol. The number of pyridine rings is 1. The van der Waals surface area contributed by atoms with Crippen LogP contribution in [0, 0.1) is 18.3 Å². The van der Waals surface area contributed by atoms with E-state index in [9.17, 15) is 9.59 Å². The third-order valence-electron chi connectivity index (χ3n) is 3.94. The first kappa shape index (κ1) is 18.0. The van der Waals surface area contributed by atoms with Gasteiger partial charge >= 0.3 is 0 Å². The third-order valence-corrected chi connectivity index (χ3v) is 4.87. The van der Waals surface area contributed by atoms with Crippen molar-refractivity contribution in [2.45, 2.75) is 26.8 Å². The van der Waals surface area contributed by atoms with Crippen LogP contribution >= 0.6 is 15.9 Å². The molecule has 0 radical (unpaired) electrons. The summed E-state index contributed by atoms with van der Waals surface area (Å²) in [5, 5.41) is 11.6. The number of amides is 1. The van der Waals surface area contributed by atoms with Crippen LogP contribution in [0.5, 0.6) is 0 Å². The molecule has 0 aliphatic carbocycles. The van der Waals surface area contributed by atoms with E-state index < -0.39 is 0 Å². The summed E-state index contributed by atoms with van der Waals surface area (Å²) in [6.45, 7) is 6.06. The lowest BCUT2D eigenvalue weighted by atomic mass is 10.1. The molecule has 1 unspecified atom stereocenters. The van der Waals surface area contributed by atoms with Crippen molar-refractivity contribution in [2.24, 2.45) is 0 Å². The monoisotopic (exact) mass is 387 g/mol. The molecule has 0 saturated heterocycles. The molecule has 0 aliphatic rings. The fourth-order valence-corrected chi connectivity index (χ4v) is 2.93. The van der Waals surface area contributed by atoms with Gasteiger partial charge in [-0.15, -0.1) is 0 Å². The summed E-state index contributed by atoms with van der Waals surface area (Å²) in [4.78, 5) is 24.5. The summed E-state index contributed by atoms with van der Waals surface area (Å²) in [5.74, 6) is -0.385. The number of carbonyl (C=O) groups is 1. The molecule has 0 spiro atoms. The number of carbonyl (C=O) groups excluding carboxylic acids is 1. The molecular formula is C18H18BrN3O2. The summed E-state index contributed by atoms with van der Waals surface area (Å²) in [5.41, 5.74) is 2.10. The van der Waals surface area contributed by atoms with Crippen LogP contribution in [0.4, 0.5) is 0 Å². The van der Waals surface area contributed by atoms with Crippen molar-refractivity contribution in [1.82, 2.24) is 9.88 Å². The van der Waals surface area contributed by atoms with E-state index in [2.05, 4.69) is 27.3 Å². The number of hydrogen-bond acceptors (Lipinski definition) is 3. The lowest BCUT2D eigenvalue weighted by Gasteiger charge is -2.21. The van der Waals surface area contributed by atoms with E-state index in [1.54, 1.807) is 25.3 Å². The second-order valence-electron chi connectivity index (χ2n) is 5.45. The van der Waals surface area contributed by atoms with Gasteiger partial charge in [-0.05, 0) is 54.4 Å². The van der Waals surface area contributed by atoms with Crippen LogP contribution in [0.25, 0.3) is 0 Å². The largest absolute Gasteiger partial charge is 0.352 e. The Bertz CT molecular complexity index is 864. The smallest absolute Gasteiger partial charge is 0.256 e. The number of aromatic nitrogens is 1. The molecule has 0 saturated carbocycles. The van der Waals surface area contributed by atoms with Gasteiger partial charge in [0.05, 0.1) is 22.1 Å². The molecule has 124 valence electrons. The Morgan fingerprint density at radius 1 is 1.38 bits per heavy atom. The normalized spacial score (nSPS) is 11.6. The van der Waals surface area contributed by atoms with Crippen molar-refractivity contribution < 1.29 is 4.79 Å². The van der Waals surface area contributed by atoms with Crippen LogP contribution in [0.1, 0.15) is 47.1 Å². The molecule has 1 aromatic carbocycles. The second-order valence-corrected chi connectivity index (χ2v) is 6.24. The van der Waals surface area contributed by atoms with Crippen LogP contribution in [0.15, 0.2) is 39.7 Å². The lowest BCUT2D eigenvalue weighted by molar-refractivity contribution is 0.0953. The Morgan fingerprint density at radius 2 is 2.00 bits per heavy atom. The molecule has 2 aromatic rings. The topological polar surface area (TPSA) is 74.9 Å². The lowest BCUT2D eigenvalue weighted by Crippen LogP contribution is -2.31. The summed E-state index contributed by atoms with van der Waals surface area (Å²) < 4.78 is 2.27. The van der Waals surface area contributed by atoms with E-state index in [0.29, 0.717) is 16.6 Å². The number of hydrogen-bond donors (Lipinski definition) is 1. The molecule has 1 atom stereocenters. The molecule has 0 bridgehead atoms. The van der Waals surface area contributed by atoms with E-state index in [1.807, 2.05) is 30.5 Å². The number of rotatable bonds is 4. The van der Waals surface area contributed by atoms with Gasteiger partial charge in [-0.25, -0.2) is 0 Å². The molecule has 0 aliphatic heterocycles.